The maximum atomic E-state index is 7.62. The molecule has 0 fully saturated rings. The summed E-state index contributed by atoms with van der Waals surface area (Å²) >= 11 is 6.40. The van der Waals surface area contributed by atoms with Crippen LogP contribution in [0.4, 0.5) is 0 Å². The van der Waals surface area contributed by atoms with E-state index in [1.165, 1.54) is 0 Å². The van der Waals surface area contributed by atoms with Crippen LogP contribution in [-0.4, -0.2) is 48.3 Å². The van der Waals surface area contributed by atoms with Crippen molar-refractivity contribution in [3.05, 3.63) is 0 Å². The Morgan fingerprint density at radius 1 is 1.00 bits per heavy atom. The first-order valence-corrected chi connectivity index (χ1v) is 5.23. The zero-order valence-electron chi connectivity index (χ0n) is 7.20. The van der Waals surface area contributed by atoms with E-state index in [4.69, 9.17) is 10.2 Å². The molecule has 0 radical (unpaired) electrons. The van der Waals surface area contributed by atoms with E-state index >= 15 is 0 Å². The molecule has 0 saturated heterocycles. The van der Waals surface area contributed by atoms with Crippen LogP contribution < -0.4 is 0 Å². The van der Waals surface area contributed by atoms with Crippen molar-refractivity contribution in [2.75, 3.05) is 38.1 Å². The quantitative estimate of drug-likeness (QED) is 0.575. The largest absolute Gasteiger partial charge is 0.394 e. The van der Waals surface area contributed by atoms with Gasteiger partial charge >= 0.3 is 0 Å². The predicted octanol–water partition coefficient (Wildman–Crippen LogP) is 1.01. The number of aliphatic hydroxyl groups excluding tert-OH is 2. The summed E-state index contributed by atoms with van der Waals surface area (Å²) in [6, 6.07) is 0. The zero-order chi connectivity index (χ0) is 9.54. The normalized spacial score (nSPS) is 6.50. The molecule has 2 N–H and O–H groups in total. The van der Waals surface area contributed by atoms with E-state index in [2.05, 4.69) is 36.6 Å². The van der Waals surface area contributed by atoms with Crippen LogP contribution in [0.25, 0.3) is 0 Å². The Morgan fingerprint density at radius 3 is 1.17 bits per heavy atom. The molecule has 0 aromatic heterocycles. The molecule has 0 aromatic carbocycles. The summed E-state index contributed by atoms with van der Waals surface area (Å²) in [7, 11) is 3.25. The third-order valence-corrected chi connectivity index (χ3v) is 2.03. The topological polar surface area (TPSA) is 49.7 Å². The van der Waals surface area contributed by atoms with E-state index in [0.29, 0.717) is 0 Å². The molecule has 0 aromatic rings. The number of hydrogen-bond acceptors (Lipinski definition) is 3. The third kappa shape index (κ3) is 109. The molecule has 0 heterocycles. The molecule has 0 aliphatic carbocycles. The van der Waals surface area contributed by atoms with Crippen molar-refractivity contribution >= 4 is 31.9 Å². The summed E-state index contributed by atoms with van der Waals surface area (Å²) in [6.07, 6.45) is 0. The minimum Gasteiger partial charge on any atom is -0.394 e. The third-order valence-electron chi connectivity index (χ3n) is 0.171. The minimum absolute atomic E-state index is 0. The van der Waals surface area contributed by atoms with Gasteiger partial charge in [-0.3, -0.25) is 0 Å². The Morgan fingerprint density at radius 2 is 1.17 bits per heavy atom. The second-order valence-corrected chi connectivity index (χ2v) is 2.82. The van der Waals surface area contributed by atoms with Gasteiger partial charge in [-0.15, -0.1) is 0 Å². The van der Waals surface area contributed by atoms with Crippen LogP contribution in [0.1, 0.15) is 0 Å². The maximum Gasteiger partial charge on any atom is 0.0662 e. The number of methoxy groups -OCH3 is 1. The van der Waals surface area contributed by atoms with Crippen LogP contribution >= 0.6 is 31.9 Å². The summed E-state index contributed by atoms with van der Waals surface area (Å²) in [6.45, 7) is -0.250. The Kier molecular flexibility index (Phi) is 76.6. The second-order valence-electron chi connectivity index (χ2n) is 1.23. The molecule has 6 heteroatoms. The van der Waals surface area contributed by atoms with E-state index in [0.717, 1.165) is 10.7 Å². The summed E-state index contributed by atoms with van der Waals surface area (Å²) in [4.78, 5) is 0. The van der Waals surface area contributed by atoms with Gasteiger partial charge in [-0.05, 0) is 0 Å². The number of alkyl halides is 2. The molecule has 3 nitrogen and oxygen atoms in total. The first kappa shape index (κ1) is 23.3. The molecule has 82 valence electrons. The predicted molar refractivity (Wildman–Crippen MR) is 54.7 cm³/mol. The smallest absolute Gasteiger partial charge is 0.0662 e. The van der Waals surface area contributed by atoms with Crippen LogP contribution in [-0.2, 0) is 21.2 Å². The first-order valence-electron chi connectivity index (χ1n) is 2.98. The fraction of sp³-hybridized carbons (Fsp3) is 1.00. The maximum absolute atomic E-state index is 7.62. The average molecular weight is 355 g/mol. The fourth-order valence-electron chi connectivity index (χ4n) is 0. The molecule has 0 unspecified atom stereocenters. The number of halogens is 2. The Balaban J connectivity index is -0.0000000389. The van der Waals surface area contributed by atoms with Crippen LogP contribution in [0.5, 0.6) is 0 Å². The first-order chi connectivity index (χ1) is 5.24. The Hall–Kier alpha value is 1.33. The van der Waals surface area contributed by atoms with Crippen molar-refractivity contribution in [1.29, 1.82) is 0 Å². The van der Waals surface area contributed by atoms with Crippen LogP contribution in [0, 0.1) is 0 Å². The second kappa shape index (κ2) is 39.5. The van der Waals surface area contributed by atoms with Gasteiger partial charge in [0.1, 0.15) is 0 Å². The van der Waals surface area contributed by atoms with Crippen molar-refractivity contribution in [3.63, 3.8) is 0 Å². The number of aliphatic hydroxyl groups is 2. The molecule has 0 amide bonds. The minimum atomic E-state index is -0.125. The summed E-state index contributed by atoms with van der Waals surface area (Å²) in [5, 5.41) is 17.3. The number of ether oxygens (including phenoxy) is 1. The average Bonchev–Trinajstić information content (AvgIpc) is 2.06. The molecule has 0 spiro atoms. The fourth-order valence-corrected chi connectivity index (χ4v) is 0. The van der Waals surface area contributed by atoms with Gasteiger partial charge in [0.25, 0.3) is 0 Å². The van der Waals surface area contributed by atoms with Crippen molar-refractivity contribution in [1.82, 2.24) is 0 Å². The van der Waals surface area contributed by atoms with Gasteiger partial charge in [0.2, 0.25) is 0 Å². The summed E-state index contributed by atoms with van der Waals surface area (Å²) in [5.74, 6) is 0. The van der Waals surface area contributed by atoms with Gasteiger partial charge in [-0.25, -0.2) is 0 Å². The van der Waals surface area contributed by atoms with E-state index in [9.17, 15) is 0 Å². The molecule has 12 heavy (non-hydrogen) atoms. The van der Waals surface area contributed by atoms with Gasteiger partial charge in [0.15, 0.2) is 0 Å². The Bertz CT molecular complexity index is 36.0. The van der Waals surface area contributed by atoms with Crippen LogP contribution in [0.3, 0.4) is 0 Å². The SMILES string of the molecule is BrCCBr.COC.OCCO.[Ni]. The van der Waals surface area contributed by atoms with E-state index in [-0.39, 0.29) is 29.7 Å². The van der Waals surface area contributed by atoms with Crippen molar-refractivity contribution in [2.24, 2.45) is 0 Å². The molecule has 0 saturated carbocycles. The van der Waals surface area contributed by atoms with Crippen molar-refractivity contribution < 1.29 is 31.4 Å². The van der Waals surface area contributed by atoms with Crippen LogP contribution in [0.2, 0.25) is 0 Å². The monoisotopic (exact) mass is 352 g/mol. The van der Waals surface area contributed by atoms with E-state index in [1.807, 2.05) is 0 Å². The van der Waals surface area contributed by atoms with Crippen molar-refractivity contribution in [2.45, 2.75) is 0 Å². The molecule has 0 rings (SSSR count). The van der Waals surface area contributed by atoms with Gasteiger partial charge in [-0.2, -0.15) is 0 Å². The zero-order valence-corrected chi connectivity index (χ0v) is 11.4. The molecule has 0 atom stereocenters. The van der Waals surface area contributed by atoms with Gasteiger partial charge in [-0.1, -0.05) is 31.9 Å². The van der Waals surface area contributed by atoms with Crippen LogP contribution in [0.15, 0.2) is 0 Å². The molecule has 0 aliphatic heterocycles. The van der Waals surface area contributed by atoms with Gasteiger partial charge < -0.3 is 14.9 Å². The summed E-state index contributed by atoms with van der Waals surface area (Å²) in [5.41, 5.74) is 0. The summed E-state index contributed by atoms with van der Waals surface area (Å²) < 4.78 is 4.25. The molecule has 0 aliphatic rings. The molecule has 0 bridgehead atoms. The van der Waals surface area contributed by atoms with Gasteiger partial charge in [0.05, 0.1) is 13.2 Å². The van der Waals surface area contributed by atoms with E-state index < -0.39 is 0 Å². The van der Waals surface area contributed by atoms with E-state index in [1.54, 1.807) is 14.2 Å². The Labute approximate surface area is 101 Å². The van der Waals surface area contributed by atoms with Gasteiger partial charge in [0, 0.05) is 41.4 Å². The molecular weight excluding hydrogens is 339 g/mol. The number of rotatable bonds is 2. The van der Waals surface area contributed by atoms with Crippen molar-refractivity contribution in [3.8, 4) is 0 Å². The standard InChI is InChI=1S/C2H4Br2.C2H6O2.C2H6O.Ni/c2*3-1-2-4;1-3-2;/h1-2H2;3-4H,1-2H2;1-2H3;. The number of hydrogen-bond donors (Lipinski definition) is 2. The molecular formula is C6H16Br2NiO3.